The number of anilines is 2. The van der Waals surface area contributed by atoms with Crippen LogP contribution < -0.4 is 4.90 Å². The Bertz CT molecular complexity index is 1490. The number of aryl methyl sites for hydroxylation is 1. The Labute approximate surface area is 190 Å². The molecule has 0 aliphatic carbocycles. The molecule has 0 bridgehead atoms. The molecule has 0 unspecified atom stereocenters. The summed E-state index contributed by atoms with van der Waals surface area (Å²) in [6.45, 7) is 0.821. The summed E-state index contributed by atoms with van der Waals surface area (Å²) >= 11 is 0. The lowest BCUT2D eigenvalue weighted by atomic mass is 10.0. The Kier molecular flexibility index (Phi) is 4.57. The number of hydrogen-bond acceptors (Lipinski definition) is 6. The van der Waals surface area contributed by atoms with Crippen molar-refractivity contribution >= 4 is 39.5 Å². The largest absolute Gasteiger partial charge is 0.465 e. The highest BCUT2D eigenvalue weighted by Gasteiger charge is 2.25. The summed E-state index contributed by atoms with van der Waals surface area (Å²) in [5.41, 5.74) is 5.66. The summed E-state index contributed by atoms with van der Waals surface area (Å²) in [6.07, 6.45) is 2.04. The average molecular weight is 435 g/mol. The molecule has 2 aromatic heterocycles. The van der Waals surface area contributed by atoms with Crippen molar-refractivity contribution < 1.29 is 13.9 Å². The van der Waals surface area contributed by atoms with Crippen molar-refractivity contribution in [2.45, 2.75) is 12.8 Å². The number of esters is 1. The topological polar surface area (TPSA) is 68.5 Å². The standard InChI is InChI=1S/C27H21N3O3/c1-32-27(31)19-12-13-20-21(15-19)29-26(30-14-6-9-17-7-2-4-10-22(17)30)25(28-20)24-16-18-8-3-5-11-23(18)33-24/h2-5,7-8,10-13,15-16H,6,9,14H2,1H3. The van der Waals surface area contributed by atoms with Gasteiger partial charge in [-0.15, -0.1) is 0 Å². The van der Waals surface area contributed by atoms with Crippen LogP contribution in [-0.4, -0.2) is 29.6 Å². The second kappa shape index (κ2) is 7.74. The number of carbonyl (C=O) groups is 1. The molecule has 0 amide bonds. The number of furan rings is 1. The molecule has 0 saturated heterocycles. The Morgan fingerprint density at radius 3 is 2.70 bits per heavy atom. The number of methoxy groups -OCH3 is 1. The van der Waals surface area contributed by atoms with Crippen LogP contribution >= 0.6 is 0 Å². The molecule has 6 nitrogen and oxygen atoms in total. The van der Waals surface area contributed by atoms with Crippen LogP contribution in [0.25, 0.3) is 33.5 Å². The lowest BCUT2D eigenvalue weighted by Gasteiger charge is -2.31. The number of para-hydroxylation sites is 2. The van der Waals surface area contributed by atoms with Gasteiger partial charge in [0.2, 0.25) is 0 Å². The minimum Gasteiger partial charge on any atom is -0.465 e. The van der Waals surface area contributed by atoms with Crippen molar-refractivity contribution in [1.82, 2.24) is 9.97 Å². The average Bonchev–Trinajstić information content (AvgIpc) is 3.31. The molecule has 0 radical (unpaired) electrons. The molecular weight excluding hydrogens is 414 g/mol. The third-order valence-corrected chi connectivity index (χ3v) is 6.09. The van der Waals surface area contributed by atoms with Crippen LogP contribution in [0.2, 0.25) is 0 Å². The van der Waals surface area contributed by atoms with Crippen LogP contribution in [0.3, 0.4) is 0 Å². The van der Waals surface area contributed by atoms with Crippen molar-refractivity contribution in [2.24, 2.45) is 0 Å². The van der Waals surface area contributed by atoms with Crippen molar-refractivity contribution in [3.63, 3.8) is 0 Å². The van der Waals surface area contributed by atoms with Gasteiger partial charge < -0.3 is 14.1 Å². The minimum absolute atomic E-state index is 0.398. The molecule has 5 aromatic rings. The van der Waals surface area contributed by atoms with Gasteiger partial charge in [0.1, 0.15) is 11.3 Å². The van der Waals surface area contributed by atoms with Gasteiger partial charge in [-0.3, -0.25) is 0 Å². The molecule has 0 N–H and O–H groups in total. The zero-order valence-electron chi connectivity index (χ0n) is 18.1. The number of hydrogen-bond donors (Lipinski definition) is 0. The summed E-state index contributed by atoms with van der Waals surface area (Å²) in [5.74, 6) is 0.987. The van der Waals surface area contributed by atoms with E-state index < -0.39 is 5.97 Å². The molecule has 1 aliphatic rings. The highest BCUT2D eigenvalue weighted by molar-refractivity contribution is 5.95. The van der Waals surface area contributed by atoms with E-state index in [-0.39, 0.29) is 0 Å². The van der Waals surface area contributed by atoms with E-state index in [2.05, 4.69) is 23.1 Å². The van der Waals surface area contributed by atoms with Gasteiger partial charge in [-0.05, 0) is 54.8 Å². The fraction of sp³-hybridized carbons (Fsp3) is 0.148. The summed E-state index contributed by atoms with van der Waals surface area (Å²) in [5, 5.41) is 1.01. The van der Waals surface area contributed by atoms with Crippen molar-refractivity contribution in [3.05, 3.63) is 83.9 Å². The van der Waals surface area contributed by atoms with Gasteiger partial charge in [-0.25, -0.2) is 14.8 Å². The first kappa shape index (κ1) is 19.5. The smallest absolute Gasteiger partial charge is 0.337 e. The van der Waals surface area contributed by atoms with Gasteiger partial charge in [-0.2, -0.15) is 0 Å². The van der Waals surface area contributed by atoms with E-state index in [1.807, 2.05) is 36.4 Å². The Balaban J connectivity index is 1.60. The monoisotopic (exact) mass is 435 g/mol. The van der Waals surface area contributed by atoms with Gasteiger partial charge >= 0.3 is 5.97 Å². The van der Waals surface area contributed by atoms with Gasteiger partial charge in [0.15, 0.2) is 11.6 Å². The summed E-state index contributed by atoms with van der Waals surface area (Å²) < 4.78 is 11.1. The van der Waals surface area contributed by atoms with E-state index in [1.165, 1.54) is 12.7 Å². The van der Waals surface area contributed by atoms with E-state index in [9.17, 15) is 4.79 Å². The predicted octanol–water partition coefficient (Wildman–Crippen LogP) is 5.91. The maximum Gasteiger partial charge on any atom is 0.337 e. The first-order chi connectivity index (χ1) is 16.2. The highest BCUT2D eigenvalue weighted by Crippen LogP contribution is 2.39. The molecule has 162 valence electrons. The van der Waals surface area contributed by atoms with Crippen LogP contribution in [0.15, 0.2) is 77.2 Å². The molecular formula is C27H21N3O3. The zero-order valence-corrected chi connectivity index (χ0v) is 18.1. The summed E-state index contributed by atoms with van der Waals surface area (Å²) in [4.78, 5) is 24.3. The van der Waals surface area contributed by atoms with Crippen LogP contribution in [0.1, 0.15) is 22.3 Å². The number of nitrogens with zero attached hydrogens (tertiary/aromatic N) is 3. The number of fused-ring (bicyclic) bond motifs is 3. The normalized spacial score (nSPS) is 13.3. The maximum absolute atomic E-state index is 12.1. The van der Waals surface area contributed by atoms with Gasteiger partial charge in [0, 0.05) is 17.6 Å². The summed E-state index contributed by atoms with van der Waals surface area (Å²) in [6, 6.07) is 23.6. The molecule has 0 saturated carbocycles. The molecule has 0 spiro atoms. The molecule has 6 rings (SSSR count). The lowest BCUT2D eigenvalue weighted by Crippen LogP contribution is -2.26. The molecule has 3 aromatic carbocycles. The number of benzene rings is 3. The first-order valence-corrected chi connectivity index (χ1v) is 11.0. The summed E-state index contributed by atoms with van der Waals surface area (Å²) in [7, 11) is 1.37. The maximum atomic E-state index is 12.1. The van der Waals surface area contributed by atoms with E-state index in [0.29, 0.717) is 28.1 Å². The Hall–Kier alpha value is -4.19. The Morgan fingerprint density at radius 1 is 0.970 bits per heavy atom. The highest BCUT2D eigenvalue weighted by atomic mass is 16.5. The lowest BCUT2D eigenvalue weighted by molar-refractivity contribution is 0.0601. The zero-order chi connectivity index (χ0) is 22.4. The van der Waals surface area contributed by atoms with Crippen molar-refractivity contribution in [3.8, 4) is 11.5 Å². The number of ether oxygens (including phenoxy) is 1. The Morgan fingerprint density at radius 2 is 1.82 bits per heavy atom. The fourth-order valence-corrected chi connectivity index (χ4v) is 4.50. The molecule has 0 fully saturated rings. The molecule has 6 heteroatoms. The molecule has 33 heavy (non-hydrogen) atoms. The van der Waals surface area contributed by atoms with Gasteiger partial charge in [-0.1, -0.05) is 36.4 Å². The second-order valence-corrected chi connectivity index (χ2v) is 8.12. The van der Waals surface area contributed by atoms with E-state index in [1.54, 1.807) is 18.2 Å². The SMILES string of the molecule is COC(=O)c1ccc2nc(-c3cc4ccccc4o3)c(N3CCCc4ccccc43)nc2c1. The first-order valence-electron chi connectivity index (χ1n) is 11.0. The van der Waals surface area contributed by atoms with Crippen LogP contribution in [0.5, 0.6) is 0 Å². The fourth-order valence-electron chi connectivity index (χ4n) is 4.50. The third kappa shape index (κ3) is 3.31. The molecule has 1 aliphatic heterocycles. The van der Waals surface area contributed by atoms with Crippen LogP contribution in [0, 0.1) is 0 Å². The van der Waals surface area contributed by atoms with Crippen LogP contribution in [0.4, 0.5) is 11.5 Å². The number of rotatable bonds is 3. The third-order valence-electron chi connectivity index (χ3n) is 6.09. The number of aromatic nitrogens is 2. The van der Waals surface area contributed by atoms with Crippen molar-refractivity contribution in [1.29, 1.82) is 0 Å². The molecule has 0 atom stereocenters. The minimum atomic E-state index is -0.398. The second-order valence-electron chi connectivity index (χ2n) is 8.12. The van der Waals surface area contributed by atoms with Gasteiger partial charge in [0.25, 0.3) is 0 Å². The van der Waals surface area contributed by atoms with E-state index in [0.717, 1.165) is 41.9 Å². The predicted molar refractivity (Wildman–Crippen MR) is 128 cm³/mol. The molecule has 3 heterocycles. The van der Waals surface area contributed by atoms with Gasteiger partial charge in [0.05, 0.1) is 23.7 Å². The van der Waals surface area contributed by atoms with Crippen molar-refractivity contribution in [2.75, 3.05) is 18.6 Å². The van der Waals surface area contributed by atoms with E-state index in [4.69, 9.17) is 19.1 Å². The number of carbonyl (C=O) groups excluding carboxylic acids is 1. The quantitative estimate of drug-likeness (QED) is 0.328. The van der Waals surface area contributed by atoms with E-state index >= 15 is 0 Å². The van der Waals surface area contributed by atoms with Crippen LogP contribution in [-0.2, 0) is 11.2 Å².